The van der Waals surface area contributed by atoms with Gasteiger partial charge in [-0.15, -0.1) is 0 Å². The zero-order chi connectivity index (χ0) is 15.8. The van der Waals surface area contributed by atoms with Gasteiger partial charge in [-0.05, 0) is 37.0 Å². The Kier molecular flexibility index (Phi) is 6.40. The molecule has 22 heavy (non-hydrogen) atoms. The number of nitrogens with zero attached hydrogens (tertiary/aromatic N) is 1. The van der Waals surface area contributed by atoms with E-state index < -0.39 is 0 Å². The molecular formula is C17H24FN3O. The van der Waals surface area contributed by atoms with E-state index in [1.165, 1.54) is 5.57 Å². The van der Waals surface area contributed by atoms with Gasteiger partial charge in [-0.3, -0.25) is 4.99 Å². The predicted molar refractivity (Wildman–Crippen MR) is 87.5 cm³/mol. The summed E-state index contributed by atoms with van der Waals surface area (Å²) < 4.78 is 18.8. The van der Waals surface area contributed by atoms with E-state index in [0.717, 1.165) is 44.1 Å². The molecule has 0 aliphatic carbocycles. The number of halogens is 1. The second-order valence-electron chi connectivity index (χ2n) is 5.37. The molecule has 2 rings (SSSR count). The van der Waals surface area contributed by atoms with Crippen LogP contribution >= 0.6 is 0 Å². The first kappa shape index (κ1) is 16.5. The van der Waals surface area contributed by atoms with Crippen LogP contribution in [-0.2, 0) is 11.3 Å². The molecule has 0 unspecified atom stereocenters. The number of benzene rings is 1. The van der Waals surface area contributed by atoms with Gasteiger partial charge >= 0.3 is 0 Å². The second kappa shape index (κ2) is 8.54. The van der Waals surface area contributed by atoms with Crippen molar-refractivity contribution in [3.63, 3.8) is 0 Å². The Bertz CT molecular complexity index is 555. The van der Waals surface area contributed by atoms with Crippen molar-refractivity contribution in [2.75, 3.05) is 26.8 Å². The third kappa shape index (κ3) is 5.15. The lowest BCUT2D eigenvalue weighted by Crippen LogP contribution is -2.37. The topological polar surface area (TPSA) is 45.7 Å². The number of aliphatic imine (C=N–C) groups is 1. The highest BCUT2D eigenvalue weighted by Gasteiger charge is 2.05. The Morgan fingerprint density at radius 2 is 2.23 bits per heavy atom. The van der Waals surface area contributed by atoms with Gasteiger partial charge in [0.2, 0.25) is 0 Å². The molecule has 1 aliphatic rings. The molecule has 0 aromatic heterocycles. The molecule has 0 fully saturated rings. The fourth-order valence-electron chi connectivity index (χ4n) is 2.29. The van der Waals surface area contributed by atoms with Crippen molar-refractivity contribution in [2.45, 2.75) is 26.3 Å². The van der Waals surface area contributed by atoms with Crippen LogP contribution in [0.1, 0.15) is 24.0 Å². The lowest BCUT2D eigenvalue weighted by atomic mass is 10.1. The van der Waals surface area contributed by atoms with Gasteiger partial charge in [0, 0.05) is 20.1 Å². The summed E-state index contributed by atoms with van der Waals surface area (Å²) in [6, 6.07) is 5.27. The van der Waals surface area contributed by atoms with Gasteiger partial charge in [-0.25, -0.2) is 4.39 Å². The van der Waals surface area contributed by atoms with Crippen LogP contribution in [0.5, 0.6) is 0 Å². The Balaban J connectivity index is 1.75. The molecule has 1 aromatic carbocycles. The Morgan fingerprint density at radius 3 is 2.91 bits per heavy atom. The van der Waals surface area contributed by atoms with Crippen LogP contribution in [0.4, 0.5) is 4.39 Å². The van der Waals surface area contributed by atoms with Crippen LogP contribution in [0.3, 0.4) is 0 Å². The normalized spacial score (nSPS) is 15.4. The van der Waals surface area contributed by atoms with E-state index >= 15 is 0 Å². The summed E-state index contributed by atoms with van der Waals surface area (Å²) in [5.74, 6) is 0.558. The molecule has 1 aliphatic heterocycles. The molecule has 0 radical (unpaired) electrons. The fourth-order valence-corrected chi connectivity index (χ4v) is 2.29. The van der Waals surface area contributed by atoms with Crippen molar-refractivity contribution in [2.24, 2.45) is 4.99 Å². The van der Waals surface area contributed by atoms with Gasteiger partial charge in [0.1, 0.15) is 5.82 Å². The zero-order valence-corrected chi connectivity index (χ0v) is 13.3. The molecule has 0 saturated heterocycles. The zero-order valence-electron chi connectivity index (χ0n) is 13.3. The Hall–Kier alpha value is -1.88. The molecule has 1 aromatic rings. The van der Waals surface area contributed by atoms with Gasteiger partial charge in [0.25, 0.3) is 0 Å². The molecule has 0 bridgehead atoms. The van der Waals surface area contributed by atoms with Crippen molar-refractivity contribution in [3.8, 4) is 0 Å². The van der Waals surface area contributed by atoms with Gasteiger partial charge in [0.05, 0.1) is 13.2 Å². The molecule has 5 heteroatoms. The highest BCUT2D eigenvalue weighted by Crippen LogP contribution is 2.11. The highest BCUT2D eigenvalue weighted by atomic mass is 19.1. The van der Waals surface area contributed by atoms with Crippen molar-refractivity contribution in [1.82, 2.24) is 10.6 Å². The maximum Gasteiger partial charge on any atom is 0.191 e. The standard InChI is InChI=1S/C17H24FN3O/c1-13-3-4-15(11-16(13)18)12-21-17(19-2)20-8-5-14-6-9-22-10-7-14/h3-4,6,11H,5,7-10,12H2,1-2H3,(H2,19,20,21). The molecule has 0 amide bonds. The number of aryl methyl sites for hydroxylation is 1. The maximum atomic E-state index is 13.5. The average molecular weight is 305 g/mol. The second-order valence-corrected chi connectivity index (χ2v) is 5.37. The van der Waals surface area contributed by atoms with Crippen molar-refractivity contribution < 1.29 is 9.13 Å². The Labute approximate surface area is 131 Å². The van der Waals surface area contributed by atoms with Crippen molar-refractivity contribution >= 4 is 5.96 Å². The molecule has 2 N–H and O–H groups in total. The maximum absolute atomic E-state index is 13.5. The predicted octanol–water partition coefficient (Wildman–Crippen LogP) is 2.54. The smallest absolute Gasteiger partial charge is 0.191 e. The molecular weight excluding hydrogens is 281 g/mol. The Morgan fingerprint density at radius 1 is 1.36 bits per heavy atom. The minimum Gasteiger partial charge on any atom is -0.377 e. The van der Waals surface area contributed by atoms with Crippen LogP contribution < -0.4 is 10.6 Å². The van der Waals surface area contributed by atoms with Gasteiger partial charge in [-0.2, -0.15) is 0 Å². The van der Waals surface area contributed by atoms with Crippen LogP contribution in [-0.4, -0.2) is 32.8 Å². The number of nitrogens with one attached hydrogen (secondary N) is 2. The quantitative estimate of drug-likeness (QED) is 0.499. The monoisotopic (exact) mass is 305 g/mol. The van der Waals surface area contributed by atoms with Gasteiger partial charge in [0.15, 0.2) is 5.96 Å². The summed E-state index contributed by atoms with van der Waals surface area (Å²) in [4.78, 5) is 4.18. The minimum absolute atomic E-state index is 0.172. The van der Waals surface area contributed by atoms with E-state index in [1.54, 1.807) is 26.1 Å². The van der Waals surface area contributed by atoms with Crippen LogP contribution in [0.25, 0.3) is 0 Å². The lowest BCUT2D eigenvalue weighted by molar-refractivity contribution is 0.153. The van der Waals surface area contributed by atoms with E-state index in [4.69, 9.17) is 4.74 Å². The molecule has 0 spiro atoms. The first-order valence-corrected chi connectivity index (χ1v) is 7.64. The third-order valence-electron chi connectivity index (χ3n) is 3.72. The average Bonchev–Trinajstić information content (AvgIpc) is 2.55. The van der Waals surface area contributed by atoms with E-state index in [2.05, 4.69) is 21.7 Å². The summed E-state index contributed by atoms with van der Waals surface area (Å²) in [5, 5.41) is 6.47. The SMILES string of the molecule is CN=C(NCCC1=CCOCC1)NCc1ccc(C)c(F)c1. The van der Waals surface area contributed by atoms with Gasteiger partial charge < -0.3 is 15.4 Å². The molecule has 0 saturated carbocycles. The lowest BCUT2D eigenvalue weighted by Gasteiger charge is -2.15. The molecule has 0 atom stereocenters. The number of rotatable bonds is 5. The summed E-state index contributed by atoms with van der Waals surface area (Å²) in [6.45, 7) is 4.68. The molecule has 120 valence electrons. The third-order valence-corrected chi connectivity index (χ3v) is 3.72. The van der Waals surface area contributed by atoms with Crippen LogP contribution in [0.15, 0.2) is 34.8 Å². The summed E-state index contributed by atoms with van der Waals surface area (Å²) in [6.07, 6.45) is 4.15. The van der Waals surface area contributed by atoms with Crippen LogP contribution in [0.2, 0.25) is 0 Å². The van der Waals surface area contributed by atoms with Gasteiger partial charge in [-0.1, -0.05) is 23.8 Å². The molecule has 1 heterocycles. The van der Waals surface area contributed by atoms with E-state index in [1.807, 2.05) is 6.07 Å². The highest BCUT2D eigenvalue weighted by molar-refractivity contribution is 5.79. The number of guanidine groups is 1. The number of hydrogen-bond donors (Lipinski definition) is 2. The van der Waals surface area contributed by atoms with E-state index in [-0.39, 0.29) is 5.82 Å². The van der Waals surface area contributed by atoms with Crippen LogP contribution in [0, 0.1) is 12.7 Å². The number of hydrogen-bond acceptors (Lipinski definition) is 2. The first-order valence-electron chi connectivity index (χ1n) is 7.64. The van der Waals surface area contributed by atoms with E-state index in [0.29, 0.717) is 12.1 Å². The first-order chi connectivity index (χ1) is 10.7. The minimum atomic E-state index is -0.172. The summed E-state index contributed by atoms with van der Waals surface area (Å²) in [7, 11) is 1.73. The summed E-state index contributed by atoms with van der Waals surface area (Å²) >= 11 is 0. The van der Waals surface area contributed by atoms with Crippen molar-refractivity contribution in [1.29, 1.82) is 0 Å². The molecule has 4 nitrogen and oxygen atoms in total. The summed E-state index contributed by atoms with van der Waals surface area (Å²) in [5.41, 5.74) is 2.99. The van der Waals surface area contributed by atoms with E-state index in [9.17, 15) is 4.39 Å². The largest absolute Gasteiger partial charge is 0.377 e. The fraction of sp³-hybridized carbons (Fsp3) is 0.471. The van der Waals surface area contributed by atoms with Crippen molar-refractivity contribution in [3.05, 3.63) is 46.8 Å². The number of ether oxygens (including phenoxy) is 1.